The van der Waals surface area contributed by atoms with Crippen molar-refractivity contribution in [3.8, 4) is 12.0 Å². The maximum Gasteiger partial charge on any atom is 0.324 e. The summed E-state index contributed by atoms with van der Waals surface area (Å²) >= 11 is 0. The highest BCUT2D eigenvalue weighted by Gasteiger charge is 2.08. The number of hydrogen-bond donors (Lipinski definition) is 3. The third kappa shape index (κ3) is 2.56. The van der Waals surface area contributed by atoms with Gasteiger partial charge in [0.15, 0.2) is 0 Å². The van der Waals surface area contributed by atoms with Gasteiger partial charge in [-0.05, 0) is 0 Å². The fourth-order valence-electron chi connectivity index (χ4n) is 1.24. The van der Waals surface area contributed by atoms with Crippen molar-refractivity contribution in [2.75, 3.05) is 25.3 Å². The van der Waals surface area contributed by atoms with Crippen molar-refractivity contribution >= 4 is 11.8 Å². The molecule has 9 heteroatoms. The molecule has 0 fully saturated rings. The Morgan fingerprint density at radius 3 is 2.39 bits per heavy atom. The van der Waals surface area contributed by atoms with Gasteiger partial charge in [0.1, 0.15) is 5.82 Å². The third-order valence-electron chi connectivity index (χ3n) is 2.15. The van der Waals surface area contributed by atoms with E-state index in [4.69, 9.17) is 15.2 Å². The van der Waals surface area contributed by atoms with Gasteiger partial charge < -0.3 is 20.5 Å². The zero-order valence-corrected chi connectivity index (χ0v) is 9.97. The molecule has 0 amide bonds. The van der Waals surface area contributed by atoms with E-state index in [1.54, 1.807) is 6.20 Å². The van der Waals surface area contributed by atoms with Crippen molar-refractivity contribution in [1.82, 2.24) is 25.1 Å². The van der Waals surface area contributed by atoms with Gasteiger partial charge in [0.05, 0.1) is 20.4 Å². The van der Waals surface area contributed by atoms with Crippen LogP contribution in [0.25, 0.3) is 0 Å². The lowest BCUT2D eigenvalue weighted by Crippen LogP contribution is -2.07. The number of rotatable bonds is 5. The lowest BCUT2D eigenvalue weighted by molar-refractivity contribution is 0.341. The Labute approximate surface area is 103 Å². The second-order valence-electron chi connectivity index (χ2n) is 3.29. The monoisotopic (exact) mass is 251 g/mol. The molecule has 0 aliphatic heterocycles. The van der Waals surface area contributed by atoms with Crippen LogP contribution in [-0.2, 0) is 6.54 Å². The number of aromatic amines is 1. The average Bonchev–Trinajstić information content (AvgIpc) is 2.81. The summed E-state index contributed by atoms with van der Waals surface area (Å²) in [6.45, 7) is 0.429. The molecule has 18 heavy (non-hydrogen) atoms. The SMILES string of the molecule is COc1nc(NCc2cn[nH]c2N)nc(OC)n1. The van der Waals surface area contributed by atoms with Gasteiger partial charge >= 0.3 is 12.0 Å². The molecule has 2 aromatic rings. The van der Waals surface area contributed by atoms with Crippen molar-refractivity contribution in [3.63, 3.8) is 0 Å². The number of hydrogen-bond acceptors (Lipinski definition) is 8. The molecule has 0 spiro atoms. The molecule has 4 N–H and O–H groups in total. The van der Waals surface area contributed by atoms with E-state index in [1.807, 2.05) is 0 Å². The molecule has 2 rings (SSSR count). The van der Waals surface area contributed by atoms with Gasteiger partial charge in [-0.15, -0.1) is 4.98 Å². The van der Waals surface area contributed by atoms with E-state index < -0.39 is 0 Å². The summed E-state index contributed by atoms with van der Waals surface area (Å²) < 4.78 is 9.87. The van der Waals surface area contributed by atoms with E-state index in [0.29, 0.717) is 18.3 Å². The Morgan fingerprint density at radius 1 is 1.22 bits per heavy atom. The molecule has 0 unspecified atom stereocenters. The summed E-state index contributed by atoms with van der Waals surface area (Å²) in [5.74, 6) is 0.829. The molecular weight excluding hydrogens is 238 g/mol. The number of anilines is 2. The van der Waals surface area contributed by atoms with Crippen molar-refractivity contribution in [3.05, 3.63) is 11.8 Å². The summed E-state index contributed by atoms with van der Waals surface area (Å²) in [6, 6.07) is 0.342. The van der Waals surface area contributed by atoms with Crippen LogP contribution in [0, 0.1) is 0 Å². The zero-order valence-electron chi connectivity index (χ0n) is 9.97. The van der Waals surface area contributed by atoms with Crippen molar-refractivity contribution in [2.24, 2.45) is 0 Å². The van der Waals surface area contributed by atoms with E-state index >= 15 is 0 Å². The van der Waals surface area contributed by atoms with Gasteiger partial charge in [-0.1, -0.05) is 0 Å². The molecule has 0 saturated heterocycles. The maximum atomic E-state index is 5.66. The Hall–Kier alpha value is -2.58. The number of aromatic nitrogens is 5. The smallest absolute Gasteiger partial charge is 0.324 e. The summed E-state index contributed by atoms with van der Waals surface area (Å²) in [5.41, 5.74) is 6.47. The Kier molecular flexibility index (Phi) is 3.41. The van der Waals surface area contributed by atoms with Crippen molar-refractivity contribution < 1.29 is 9.47 Å². The van der Waals surface area contributed by atoms with Gasteiger partial charge in [0.25, 0.3) is 0 Å². The maximum absolute atomic E-state index is 5.66. The molecule has 0 saturated carbocycles. The van der Waals surface area contributed by atoms with E-state index in [1.165, 1.54) is 14.2 Å². The van der Waals surface area contributed by atoms with Gasteiger partial charge in [-0.3, -0.25) is 5.10 Å². The molecule has 9 nitrogen and oxygen atoms in total. The van der Waals surface area contributed by atoms with Crippen LogP contribution >= 0.6 is 0 Å². The fourth-order valence-corrected chi connectivity index (χ4v) is 1.24. The minimum Gasteiger partial charge on any atom is -0.467 e. The van der Waals surface area contributed by atoms with Gasteiger partial charge in [0, 0.05) is 12.1 Å². The summed E-state index contributed by atoms with van der Waals surface area (Å²) in [5, 5.41) is 9.42. The normalized spacial score (nSPS) is 10.1. The number of nitrogens with one attached hydrogen (secondary N) is 2. The molecular formula is C9H13N7O2. The number of nitrogens with zero attached hydrogens (tertiary/aromatic N) is 4. The number of methoxy groups -OCH3 is 2. The van der Waals surface area contributed by atoms with E-state index in [9.17, 15) is 0 Å². The third-order valence-corrected chi connectivity index (χ3v) is 2.15. The molecule has 2 heterocycles. The van der Waals surface area contributed by atoms with Crippen LogP contribution in [0.4, 0.5) is 11.8 Å². The molecule has 0 aliphatic rings. The first-order chi connectivity index (χ1) is 8.72. The molecule has 96 valence electrons. The topological polar surface area (TPSA) is 124 Å². The van der Waals surface area contributed by atoms with E-state index in [0.717, 1.165) is 5.56 Å². The molecule has 0 radical (unpaired) electrons. The summed E-state index contributed by atoms with van der Waals surface area (Å²) in [7, 11) is 2.93. The van der Waals surface area contributed by atoms with Crippen LogP contribution in [0.3, 0.4) is 0 Å². The minimum absolute atomic E-state index is 0.171. The molecule has 0 aromatic carbocycles. The Balaban J connectivity index is 2.11. The number of H-pyrrole nitrogens is 1. The predicted octanol–water partition coefficient (Wildman–Crippen LogP) is -0.194. The quantitative estimate of drug-likeness (QED) is 0.667. The van der Waals surface area contributed by atoms with Crippen LogP contribution in [0.2, 0.25) is 0 Å². The highest BCUT2D eigenvalue weighted by molar-refractivity contribution is 5.40. The van der Waals surface area contributed by atoms with Gasteiger partial charge in [-0.25, -0.2) is 0 Å². The predicted molar refractivity (Wildman–Crippen MR) is 63.3 cm³/mol. The largest absolute Gasteiger partial charge is 0.467 e. The molecule has 0 bridgehead atoms. The van der Waals surface area contributed by atoms with Crippen LogP contribution in [0.5, 0.6) is 12.0 Å². The Bertz CT molecular complexity index is 505. The second kappa shape index (κ2) is 5.17. The first-order valence-corrected chi connectivity index (χ1v) is 5.08. The number of nitrogen functional groups attached to an aromatic ring is 1. The van der Waals surface area contributed by atoms with Crippen LogP contribution in [-0.4, -0.2) is 39.4 Å². The van der Waals surface area contributed by atoms with Gasteiger partial charge in [0.2, 0.25) is 5.95 Å². The average molecular weight is 251 g/mol. The van der Waals surface area contributed by atoms with Crippen LogP contribution < -0.4 is 20.5 Å². The first kappa shape index (κ1) is 11.9. The number of nitrogens with two attached hydrogens (primary N) is 1. The van der Waals surface area contributed by atoms with E-state index in [-0.39, 0.29) is 12.0 Å². The van der Waals surface area contributed by atoms with Gasteiger partial charge in [-0.2, -0.15) is 15.1 Å². The molecule has 0 atom stereocenters. The number of ether oxygens (including phenoxy) is 2. The highest BCUT2D eigenvalue weighted by Crippen LogP contribution is 2.14. The fraction of sp³-hybridized carbons (Fsp3) is 0.333. The standard InChI is InChI=1S/C9H13N7O2/c1-17-8-13-7(14-9(15-8)18-2)11-3-5-4-12-16-6(5)10/h4H,3H2,1-2H3,(H3,10,12,16)(H,11,13,14,15). The highest BCUT2D eigenvalue weighted by atomic mass is 16.5. The minimum atomic E-state index is 0.171. The summed E-state index contributed by atoms with van der Waals surface area (Å²) in [4.78, 5) is 11.9. The van der Waals surface area contributed by atoms with E-state index in [2.05, 4.69) is 30.5 Å². The first-order valence-electron chi connectivity index (χ1n) is 5.08. The lowest BCUT2D eigenvalue weighted by atomic mass is 10.3. The zero-order chi connectivity index (χ0) is 13.0. The van der Waals surface area contributed by atoms with Crippen molar-refractivity contribution in [2.45, 2.75) is 6.54 Å². The van der Waals surface area contributed by atoms with Crippen LogP contribution in [0.1, 0.15) is 5.56 Å². The second-order valence-corrected chi connectivity index (χ2v) is 3.29. The molecule has 0 aliphatic carbocycles. The Morgan fingerprint density at radius 2 is 1.89 bits per heavy atom. The van der Waals surface area contributed by atoms with Crippen molar-refractivity contribution in [1.29, 1.82) is 0 Å². The summed E-state index contributed by atoms with van der Waals surface area (Å²) in [6.07, 6.45) is 1.62. The van der Waals surface area contributed by atoms with Crippen LogP contribution in [0.15, 0.2) is 6.20 Å². The lowest BCUT2D eigenvalue weighted by Gasteiger charge is -2.06. The molecule has 2 aromatic heterocycles.